The second-order valence-corrected chi connectivity index (χ2v) is 9.50. The minimum atomic E-state index is -0.294. The van der Waals surface area contributed by atoms with Crippen LogP contribution in [0.1, 0.15) is 52.4 Å². The van der Waals surface area contributed by atoms with E-state index in [4.69, 9.17) is 20.9 Å². The molecule has 10 nitrogen and oxygen atoms in total. The SMILES string of the molecule is C[C@@H]1CCC[C@H](C2CN=C(N)N2)C(=O)OC[C@H](C)CCC[C@H](C2CN=C(N)N2)C(=O)OC1. The predicted molar refractivity (Wildman–Crippen MR) is 122 cm³/mol. The van der Waals surface area contributed by atoms with E-state index in [-0.39, 0.29) is 47.7 Å². The molecule has 10 heteroatoms. The van der Waals surface area contributed by atoms with E-state index in [1.165, 1.54) is 0 Å². The van der Waals surface area contributed by atoms with Gasteiger partial charge in [-0.2, -0.15) is 0 Å². The van der Waals surface area contributed by atoms with Crippen molar-refractivity contribution in [2.75, 3.05) is 26.3 Å². The highest BCUT2D eigenvalue weighted by molar-refractivity contribution is 5.82. The topological polar surface area (TPSA) is 153 Å². The summed E-state index contributed by atoms with van der Waals surface area (Å²) in [6.45, 7) is 5.82. The van der Waals surface area contributed by atoms with Crippen molar-refractivity contribution in [1.82, 2.24) is 10.6 Å². The van der Waals surface area contributed by atoms with Crippen LogP contribution in [-0.2, 0) is 19.1 Å². The predicted octanol–water partition coefficient (Wildman–Crippen LogP) is 0.505. The first-order chi connectivity index (χ1) is 15.3. The highest BCUT2D eigenvalue weighted by Gasteiger charge is 2.34. The normalized spacial score (nSPS) is 35.7. The van der Waals surface area contributed by atoms with Crippen LogP contribution in [0.5, 0.6) is 0 Å². The maximum atomic E-state index is 12.9. The molecule has 32 heavy (non-hydrogen) atoms. The standard InChI is InChI=1S/C22H38N6O4/c1-13-5-3-7-15(17-9-25-21(23)27-17)20(30)32-12-14(2)6-4-8-16(19(29)31-11-13)18-10-26-22(24)28-18/h13-18H,3-12H2,1-2H3,(H3,23,25,27)(H3,24,26,28)/t13-,14-,15-,16-,17?,18?/m1/s1. The summed E-state index contributed by atoms with van der Waals surface area (Å²) >= 11 is 0. The number of carbonyl (C=O) groups excluding carboxylic acids is 2. The number of rotatable bonds is 2. The van der Waals surface area contributed by atoms with E-state index in [0.717, 1.165) is 25.7 Å². The second-order valence-electron chi connectivity index (χ2n) is 9.50. The lowest BCUT2D eigenvalue weighted by Gasteiger charge is -2.26. The molecule has 0 bridgehead atoms. The Labute approximate surface area is 190 Å². The van der Waals surface area contributed by atoms with Gasteiger partial charge in [-0.25, -0.2) is 0 Å². The van der Waals surface area contributed by atoms with E-state index in [1.54, 1.807) is 0 Å². The number of nitrogens with one attached hydrogen (secondary N) is 2. The molecule has 3 aliphatic rings. The van der Waals surface area contributed by atoms with Gasteiger partial charge >= 0.3 is 11.9 Å². The van der Waals surface area contributed by atoms with E-state index < -0.39 is 0 Å². The molecule has 0 spiro atoms. The van der Waals surface area contributed by atoms with E-state index in [9.17, 15) is 9.59 Å². The molecule has 1 saturated heterocycles. The van der Waals surface area contributed by atoms with Gasteiger partial charge < -0.3 is 31.6 Å². The average Bonchev–Trinajstić information content (AvgIpc) is 3.38. The number of esters is 2. The molecule has 180 valence electrons. The number of hydrogen-bond acceptors (Lipinski definition) is 10. The molecule has 3 aliphatic heterocycles. The molecule has 0 saturated carbocycles. The van der Waals surface area contributed by atoms with Crippen LogP contribution >= 0.6 is 0 Å². The van der Waals surface area contributed by atoms with Gasteiger partial charge in [-0.15, -0.1) is 0 Å². The summed E-state index contributed by atoms with van der Waals surface area (Å²) in [6, 6.07) is -0.252. The molecule has 0 aliphatic carbocycles. The van der Waals surface area contributed by atoms with Gasteiger partial charge in [-0.05, 0) is 37.5 Å². The molecule has 0 aromatic carbocycles. The number of carbonyl (C=O) groups is 2. The quantitative estimate of drug-likeness (QED) is 0.444. The minimum absolute atomic E-state index is 0.126. The molecule has 0 amide bonds. The smallest absolute Gasteiger partial charge is 0.311 e. The van der Waals surface area contributed by atoms with E-state index in [1.807, 2.05) is 0 Å². The number of nitrogens with zero attached hydrogens (tertiary/aromatic N) is 2. The van der Waals surface area contributed by atoms with Crippen LogP contribution in [0, 0.1) is 23.7 Å². The second kappa shape index (κ2) is 11.4. The third-order valence-electron chi connectivity index (χ3n) is 6.60. The Bertz CT molecular complexity index is 667. The van der Waals surface area contributed by atoms with E-state index in [0.29, 0.717) is 51.1 Å². The fraction of sp³-hybridized carbons (Fsp3) is 0.818. The van der Waals surface area contributed by atoms with Crippen molar-refractivity contribution in [2.24, 2.45) is 45.1 Å². The summed E-state index contributed by atoms with van der Waals surface area (Å²) in [7, 11) is 0. The molecular weight excluding hydrogens is 412 g/mol. The van der Waals surface area contributed by atoms with Crippen LogP contribution in [0.3, 0.4) is 0 Å². The van der Waals surface area contributed by atoms with Gasteiger partial charge in [0.25, 0.3) is 0 Å². The van der Waals surface area contributed by atoms with Crippen LogP contribution in [-0.4, -0.2) is 62.2 Å². The van der Waals surface area contributed by atoms with Crippen LogP contribution in [0.15, 0.2) is 9.98 Å². The zero-order valence-corrected chi connectivity index (χ0v) is 19.2. The number of guanidine groups is 2. The average molecular weight is 451 g/mol. The lowest BCUT2D eigenvalue weighted by molar-refractivity contribution is -0.151. The molecular formula is C22H38N6O4. The summed E-state index contributed by atoms with van der Waals surface area (Å²) in [4.78, 5) is 34.1. The van der Waals surface area contributed by atoms with Gasteiger partial charge in [0.15, 0.2) is 11.9 Å². The summed E-state index contributed by atoms with van der Waals surface area (Å²) in [5.74, 6) is 0.178. The van der Waals surface area contributed by atoms with Gasteiger partial charge in [0, 0.05) is 0 Å². The summed E-state index contributed by atoms with van der Waals surface area (Å²) in [5.41, 5.74) is 11.5. The minimum Gasteiger partial charge on any atom is -0.465 e. The van der Waals surface area contributed by atoms with Crippen molar-refractivity contribution in [3.63, 3.8) is 0 Å². The monoisotopic (exact) mass is 450 g/mol. The summed E-state index contributed by atoms with van der Waals surface area (Å²) in [5, 5.41) is 6.21. The first-order valence-corrected chi connectivity index (χ1v) is 11.8. The first kappa shape index (κ1) is 24.1. The van der Waals surface area contributed by atoms with E-state index >= 15 is 0 Å². The third kappa shape index (κ3) is 6.74. The lowest BCUT2D eigenvalue weighted by atomic mass is 9.91. The summed E-state index contributed by atoms with van der Waals surface area (Å²) < 4.78 is 11.4. The molecule has 0 aromatic rings. The van der Waals surface area contributed by atoms with Gasteiger partial charge in [-0.1, -0.05) is 26.7 Å². The largest absolute Gasteiger partial charge is 0.465 e. The van der Waals surface area contributed by atoms with Crippen LogP contribution in [0.4, 0.5) is 0 Å². The Morgan fingerprint density at radius 3 is 1.50 bits per heavy atom. The molecule has 6 atom stereocenters. The first-order valence-electron chi connectivity index (χ1n) is 11.8. The maximum absolute atomic E-state index is 12.9. The third-order valence-corrected chi connectivity index (χ3v) is 6.60. The highest BCUT2D eigenvalue weighted by Crippen LogP contribution is 2.24. The molecule has 2 unspecified atom stereocenters. The number of aliphatic imine (C=N–C) groups is 2. The number of cyclic esters (lactones) is 2. The van der Waals surface area contributed by atoms with Gasteiger partial charge in [0.05, 0.1) is 50.2 Å². The van der Waals surface area contributed by atoms with Crippen molar-refractivity contribution in [3.8, 4) is 0 Å². The highest BCUT2D eigenvalue weighted by atomic mass is 16.5. The summed E-state index contributed by atoms with van der Waals surface area (Å²) in [6.07, 6.45) is 4.69. The number of nitrogens with two attached hydrogens (primary N) is 2. The molecule has 3 heterocycles. The van der Waals surface area contributed by atoms with Crippen LogP contribution in [0.2, 0.25) is 0 Å². The van der Waals surface area contributed by atoms with Gasteiger partial charge in [0.2, 0.25) is 0 Å². The van der Waals surface area contributed by atoms with Gasteiger partial charge in [-0.3, -0.25) is 19.6 Å². The van der Waals surface area contributed by atoms with Crippen LogP contribution < -0.4 is 22.1 Å². The Morgan fingerprint density at radius 2 is 1.16 bits per heavy atom. The zero-order chi connectivity index (χ0) is 23.1. The van der Waals surface area contributed by atoms with Crippen molar-refractivity contribution in [3.05, 3.63) is 0 Å². The fourth-order valence-electron chi connectivity index (χ4n) is 4.58. The molecule has 0 radical (unpaired) electrons. The van der Waals surface area contributed by atoms with E-state index in [2.05, 4.69) is 34.5 Å². The molecule has 3 rings (SSSR count). The Morgan fingerprint density at radius 1 is 0.750 bits per heavy atom. The molecule has 0 aromatic heterocycles. The van der Waals surface area contributed by atoms with Crippen molar-refractivity contribution in [2.45, 2.75) is 64.5 Å². The van der Waals surface area contributed by atoms with Crippen molar-refractivity contribution >= 4 is 23.9 Å². The number of hydrogen-bond donors (Lipinski definition) is 4. The molecule has 6 N–H and O–H groups in total. The Balaban J connectivity index is 1.62. The van der Waals surface area contributed by atoms with Gasteiger partial charge in [0.1, 0.15) is 0 Å². The fourth-order valence-corrected chi connectivity index (χ4v) is 4.58. The molecule has 1 fully saturated rings. The Kier molecular flexibility index (Phi) is 8.58. The van der Waals surface area contributed by atoms with Crippen LogP contribution in [0.25, 0.3) is 0 Å². The van der Waals surface area contributed by atoms with Crippen molar-refractivity contribution < 1.29 is 19.1 Å². The Hall–Kier alpha value is -2.52. The zero-order valence-electron chi connectivity index (χ0n) is 19.2. The lowest BCUT2D eigenvalue weighted by Crippen LogP contribution is -2.44. The number of ether oxygens (including phenoxy) is 2. The van der Waals surface area contributed by atoms with Crippen molar-refractivity contribution in [1.29, 1.82) is 0 Å². The maximum Gasteiger partial charge on any atom is 0.311 e.